The quantitative estimate of drug-likeness (QED) is 0.719. The Bertz CT molecular complexity index is 397. The first kappa shape index (κ1) is 12.0. The van der Waals surface area contributed by atoms with E-state index in [1.165, 1.54) is 6.92 Å². The van der Waals surface area contributed by atoms with Crippen LogP contribution in [0.1, 0.15) is 18.9 Å². The van der Waals surface area contributed by atoms with Gasteiger partial charge in [0.2, 0.25) is 5.91 Å². The Morgan fingerprint density at radius 2 is 2.38 bits per heavy atom. The van der Waals surface area contributed by atoms with Crippen molar-refractivity contribution in [2.45, 2.75) is 13.3 Å². The number of pyridine rings is 1. The third-order valence-electron chi connectivity index (χ3n) is 1.95. The summed E-state index contributed by atoms with van der Waals surface area (Å²) in [5.74, 6) is 0.559. The molecule has 0 spiro atoms. The van der Waals surface area contributed by atoms with E-state index < -0.39 is 0 Å². The number of anilines is 1. The number of carbonyl (C=O) groups excluding carboxylic acids is 1. The average Bonchev–Trinajstić information content (AvgIpc) is 2.29. The highest BCUT2D eigenvalue weighted by Gasteiger charge is 2.00. The Kier molecular flexibility index (Phi) is 4.80. The monoisotopic (exact) mass is 218 g/mol. The van der Waals surface area contributed by atoms with Gasteiger partial charge < -0.3 is 10.6 Å². The molecule has 0 aliphatic rings. The predicted molar refractivity (Wildman–Crippen MR) is 60.7 cm³/mol. The number of nitriles is 1. The summed E-state index contributed by atoms with van der Waals surface area (Å²) in [5.41, 5.74) is 0.530. The van der Waals surface area contributed by atoms with Gasteiger partial charge in [0.1, 0.15) is 11.9 Å². The van der Waals surface area contributed by atoms with Crippen LogP contribution in [0, 0.1) is 11.3 Å². The molecule has 0 fully saturated rings. The SMILES string of the molecule is CC(=O)NCCCNc1ncccc1C#N. The summed E-state index contributed by atoms with van der Waals surface area (Å²) in [6.45, 7) is 2.78. The highest BCUT2D eigenvalue weighted by atomic mass is 16.1. The zero-order valence-electron chi connectivity index (χ0n) is 9.16. The van der Waals surface area contributed by atoms with Gasteiger partial charge in [-0.05, 0) is 18.6 Å². The first-order valence-corrected chi connectivity index (χ1v) is 5.07. The van der Waals surface area contributed by atoms with E-state index in [0.717, 1.165) is 6.42 Å². The van der Waals surface area contributed by atoms with Crippen LogP contribution in [-0.2, 0) is 4.79 Å². The Balaban J connectivity index is 2.32. The summed E-state index contributed by atoms with van der Waals surface area (Å²) in [5, 5.41) is 14.6. The summed E-state index contributed by atoms with van der Waals surface area (Å²) in [4.78, 5) is 14.7. The van der Waals surface area contributed by atoms with Gasteiger partial charge in [-0.15, -0.1) is 0 Å². The molecule has 0 atom stereocenters. The third-order valence-corrected chi connectivity index (χ3v) is 1.95. The van der Waals surface area contributed by atoms with Crippen LogP contribution in [0.4, 0.5) is 5.82 Å². The van der Waals surface area contributed by atoms with Gasteiger partial charge in [-0.2, -0.15) is 5.26 Å². The van der Waals surface area contributed by atoms with Crippen molar-refractivity contribution in [3.05, 3.63) is 23.9 Å². The molecule has 0 radical (unpaired) electrons. The van der Waals surface area contributed by atoms with Gasteiger partial charge >= 0.3 is 0 Å². The number of amides is 1. The second kappa shape index (κ2) is 6.40. The lowest BCUT2D eigenvalue weighted by atomic mass is 10.3. The second-order valence-electron chi connectivity index (χ2n) is 3.27. The molecule has 16 heavy (non-hydrogen) atoms. The normalized spacial score (nSPS) is 9.25. The maximum absolute atomic E-state index is 10.6. The number of hydrogen-bond donors (Lipinski definition) is 2. The molecule has 0 aliphatic heterocycles. The van der Waals surface area contributed by atoms with Crippen LogP contribution in [0.15, 0.2) is 18.3 Å². The van der Waals surface area contributed by atoms with Crippen molar-refractivity contribution in [1.29, 1.82) is 5.26 Å². The minimum Gasteiger partial charge on any atom is -0.369 e. The van der Waals surface area contributed by atoms with Gasteiger partial charge in [0, 0.05) is 26.2 Å². The highest BCUT2D eigenvalue weighted by molar-refractivity contribution is 5.72. The van der Waals surface area contributed by atoms with Crippen molar-refractivity contribution in [1.82, 2.24) is 10.3 Å². The lowest BCUT2D eigenvalue weighted by molar-refractivity contribution is -0.118. The molecule has 84 valence electrons. The van der Waals surface area contributed by atoms with Gasteiger partial charge in [0.05, 0.1) is 5.56 Å². The fourth-order valence-corrected chi connectivity index (χ4v) is 1.20. The highest BCUT2D eigenvalue weighted by Crippen LogP contribution is 2.08. The summed E-state index contributed by atoms with van der Waals surface area (Å²) in [6.07, 6.45) is 2.43. The van der Waals surface area contributed by atoms with Crippen LogP contribution in [-0.4, -0.2) is 24.0 Å². The van der Waals surface area contributed by atoms with E-state index in [4.69, 9.17) is 5.26 Å². The molecule has 0 unspecified atom stereocenters. The number of nitrogens with one attached hydrogen (secondary N) is 2. The lowest BCUT2D eigenvalue weighted by Gasteiger charge is -2.06. The maximum Gasteiger partial charge on any atom is 0.216 e. The first-order valence-electron chi connectivity index (χ1n) is 5.07. The molecule has 5 heteroatoms. The van der Waals surface area contributed by atoms with E-state index in [9.17, 15) is 4.79 Å². The summed E-state index contributed by atoms with van der Waals surface area (Å²) >= 11 is 0. The molecule has 1 amide bonds. The first-order chi connectivity index (χ1) is 7.74. The van der Waals surface area contributed by atoms with Crippen molar-refractivity contribution in [2.75, 3.05) is 18.4 Å². The van der Waals surface area contributed by atoms with Gasteiger partial charge in [0.15, 0.2) is 0 Å². The standard InChI is InChI=1S/C11H14N4O/c1-9(16)13-6-3-7-15-11-10(8-12)4-2-5-14-11/h2,4-5H,3,6-7H2,1H3,(H,13,16)(H,14,15). The van der Waals surface area contributed by atoms with Crippen LogP contribution >= 0.6 is 0 Å². The van der Waals surface area contributed by atoms with Crippen molar-refractivity contribution in [2.24, 2.45) is 0 Å². The Hall–Kier alpha value is -2.09. The van der Waals surface area contributed by atoms with Crippen LogP contribution < -0.4 is 10.6 Å². The molecule has 0 bridgehead atoms. The maximum atomic E-state index is 10.6. The van der Waals surface area contributed by atoms with Gasteiger partial charge in [-0.1, -0.05) is 0 Å². The van der Waals surface area contributed by atoms with Crippen molar-refractivity contribution in [3.63, 3.8) is 0 Å². The number of nitrogens with zero attached hydrogens (tertiary/aromatic N) is 2. The van der Waals surface area contributed by atoms with Crippen molar-refractivity contribution in [3.8, 4) is 6.07 Å². The van der Waals surface area contributed by atoms with Crippen molar-refractivity contribution >= 4 is 11.7 Å². The average molecular weight is 218 g/mol. The van der Waals surface area contributed by atoms with Gasteiger partial charge in [-0.25, -0.2) is 4.98 Å². The molecular formula is C11H14N4O. The van der Waals surface area contributed by atoms with E-state index >= 15 is 0 Å². The van der Waals surface area contributed by atoms with Gasteiger partial charge in [0.25, 0.3) is 0 Å². The number of hydrogen-bond acceptors (Lipinski definition) is 4. The Labute approximate surface area is 94.5 Å². The van der Waals surface area contributed by atoms with E-state index in [2.05, 4.69) is 21.7 Å². The van der Waals surface area contributed by atoms with E-state index in [1.807, 2.05) is 0 Å². The Morgan fingerprint density at radius 1 is 1.56 bits per heavy atom. The smallest absolute Gasteiger partial charge is 0.216 e. The van der Waals surface area contributed by atoms with E-state index in [-0.39, 0.29) is 5.91 Å². The zero-order valence-corrected chi connectivity index (χ0v) is 9.16. The van der Waals surface area contributed by atoms with Gasteiger partial charge in [-0.3, -0.25) is 4.79 Å². The summed E-state index contributed by atoms with van der Waals surface area (Å²) < 4.78 is 0. The topological polar surface area (TPSA) is 77.8 Å². The van der Waals surface area contributed by atoms with E-state index in [0.29, 0.717) is 24.5 Å². The van der Waals surface area contributed by atoms with E-state index in [1.54, 1.807) is 18.3 Å². The van der Waals surface area contributed by atoms with Crippen LogP contribution in [0.3, 0.4) is 0 Å². The largest absolute Gasteiger partial charge is 0.369 e. The van der Waals surface area contributed by atoms with Crippen LogP contribution in [0.25, 0.3) is 0 Å². The van der Waals surface area contributed by atoms with Crippen LogP contribution in [0.2, 0.25) is 0 Å². The number of carbonyl (C=O) groups is 1. The summed E-state index contributed by atoms with van der Waals surface area (Å²) in [7, 11) is 0. The predicted octanol–water partition coefficient (Wildman–Crippen LogP) is 0.891. The molecule has 1 heterocycles. The number of aromatic nitrogens is 1. The molecule has 0 saturated heterocycles. The molecule has 0 aliphatic carbocycles. The molecule has 0 aromatic carbocycles. The van der Waals surface area contributed by atoms with Crippen molar-refractivity contribution < 1.29 is 4.79 Å². The molecule has 5 nitrogen and oxygen atoms in total. The summed E-state index contributed by atoms with van der Waals surface area (Å²) in [6, 6.07) is 5.49. The molecule has 2 N–H and O–H groups in total. The lowest BCUT2D eigenvalue weighted by Crippen LogP contribution is -2.22. The fourth-order valence-electron chi connectivity index (χ4n) is 1.20. The Morgan fingerprint density at radius 3 is 3.06 bits per heavy atom. The molecular weight excluding hydrogens is 204 g/mol. The van der Waals surface area contributed by atoms with Crippen LogP contribution in [0.5, 0.6) is 0 Å². The molecule has 1 aromatic heterocycles. The third kappa shape index (κ3) is 3.96. The minimum atomic E-state index is -0.0319. The molecule has 1 aromatic rings. The number of rotatable bonds is 5. The molecule has 1 rings (SSSR count). The minimum absolute atomic E-state index is 0.0319. The molecule has 0 saturated carbocycles. The zero-order chi connectivity index (χ0) is 11.8. The fraction of sp³-hybridized carbons (Fsp3) is 0.364. The second-order valence-corrected chi connectivity index (χ2v) is 3.27.